The maximum Gasteiger partial charge on any atom is 0.255 e. The molecule has 4 nitrogen and oxygen atoms in total. The van der Waals surface area contributed by atoms with Gasteiger partial charge >= 0.3 is 0 Å². The average molecular weight is 402 g/mol. The molecule has 3 aromatic carbocycles. The van der Waals surface area contributed by atoms with Gasteiger partial charge in [0.1, 0.15) is 5.82 Å². The summed E-state index contributed by atoms with van der Waals surface area (Å²) < 4.78 is 0. The molecule has 0 bridgehead atoms. The number of nitrogens with zero attached hydrogens (tertiary/aromatic N) is 2. The molecule has 1 aliphatic rings. The highest BCUT2D eigenvalue weighted by molar-refractivity contribution is 6.30. The maximum atomic E-state index is 12.8. The Bertz CT molecular complexity index is 1240. The van der Waals surface area contributed by atoms with E-state index in [9.17, 15) is 4.79 Å². The van der Waals surface area contributed by atoms with Crippen molar-refractivity contribution in [1.82, 2.24) is 14.9 Å². The Hall–Kier alpha value is -2.95. The first kappa shape index (κ1) is 18.1. The number of aromatic nitrogens is 2. The van der Waals surface area contributed by atoms with E-state index in [-0.39, 0.29) is 5.56 Å². The minimum Gasteiger partial charge on any atom is -0.306 e. The predicted octanol–water partition coefficient (Wildman–Crippen LogP) is 4.80. The van der Waals surface area contributed by atoms with Crippen LogP contribution in [0.4, 0.5) is 0 Å². The third-order valence-corrected chi connectivity index (χ3v) is 5.79. The van der Waals surface area contributed by atoms with Crippen molar-refractivity contribution in [2.75, 3.05) is 6.54 Å². The lowest BCUT2D eigenvalue weighted by Crippen LogP contribution is -2.35. The number of nitrogens with one attached hydrogen (secondary N) is 1. The smallest absolute Gasteiger partial charge is 0.255 e. The molecule has 29 heavy (non-hydrogen) atoms. The summed E-state index contributed by atoms with van der Waals surface area (Å²) in [6.45, 7) is 2.31. The van der Waals surface area contributed by atoms with Crippen LogP contribution >= 0.6 is 11.6 Å². The van der Waals surface area contributed by atoms with Crippen molar-refractivity contribution in [3.05, 3.63) is 98.9 Å². The first-order valence-corrected chi connectivity index (χ1v) is 10.1. The van der Waals surface area contributed by atoms with Crippen LogP contribution in [0.1, 0.15) is 16.8 Å². The van der Waals surface area contributed by atoms with Crippen molar-refractivity contribution in [1.29, 1.82) is 0 Å². The van der Waals surface area contributed by atoms with E-state index < -0.39 is 0 Å². The van der Waals surface area contributed by atoms with E-state index in [2.05, 4.69) is 52.3 Å². The Balaban J connectivity index is 1.42. The molecule has 5 heteroatoms. The second kappa shape index (κ2) is 7.47. The topological polar surface area (TPSA) is 49.0 Å². The summed E-state index contributed by atoms with van der Waals surface area (Å²) in [6, 6.07) is 22.2. The highest BCUT2D eigenvalue weighted by atomic mass is 35.5. The van der Waals surface area contributed by atoms with Gasteiger partial charge in [-0.05, 0) is 40.6 Å². The Morgan fingerprint density at radius 2 is 1.79 bits per heavy atom. The van der Waals surface area contributed by atoms with E-state index >= 15 is 0 Å². The van der Waals surface area contributed by atoms with Gasteiger partial charge in [-0.3, -0.25) is 9.69 Å². The molecule has 1 aliphatic heterocycles. The molecule has 5 rings (SSSR count). The molecule has 0 unspecified atom stereocenters. The van der Waals surface area contributed by atoms with Crippen molar-refractivity contribution in [2.45, 2.75) is 19.5 Å². The molecule has 0 aliphatic carbocycles. The Morgan fingerprint density at radius 3 is 2.66 bits per heavy atom. The quantitative estimate of drug-likeness (QED) is 0.536. The van der Waals surface area contributed by atoms with Crippen LogP contribution in [0, 0.1) is 0 Å². The minimum atomic E-state index is -0.0532. The van der Waals surface area contributed by atoms with E-state index in [1.54, 1.807) is 0 Å². The second-order valence-corrected chi connectivity index (χ2v) is 7.88. The fourth-order valence-corrected chi connectivity index (χ4v) is 4.16. The van der Waals surface area contributed by atoms with Crippen molar-refractivity contribution < 1.29 is 0 Å². The maximum absolute atomic E-state index is 12.8. The van der Waals surface area contributed by atoms with E-state index in [1.807, 2.05) is 24.3 Å². The van der Waals surface area contributed by atoms with Gasteiger partial charge < -0.3 is 4.98 Å². The molecular formula is C24H20ClN3O. The summed E-state index contributed by atoms with van der Waals surface area (Å²) in [7, 11) is 0. The van der Waals surface area contributed by atoms with Crippen molar-refractivity contribution >= 4 is 22.4 Å². The van der Waals surface area contributed by atoms with Crippen molar-refractivity contribution in [3.63, 3.8) is 0 Å². The van der Waals surface area contributed by atoms with Gasteiger partial charge in [-0.1, -0.05) is 54.1 Å². The highest BCUT2D eigenvalue weighted by Gasteiger charge is 2.22. The summed E-state index contributed by atoms with van der Waals surface area (Å²) in [4.78, 5) is 22.8. The van der Waals surface area contributed by atoms with Gasteiger partial charge in [-0.25, -0.2) is 4.98 Å². The average Bonchev–Trinajstić information content (AvgIpc) is 2.75. The number of rotatable bonds is 3. The number of benzene rings is 3. The Kier molecular flexibility index (Phi) is 4.66. The van der Waals surface area contributed by atoms with Gasteiger partial charge in [0, 0.05) is 36.6 Å². The van der Waals surface area contributed by atoms with Crippen LogP contribution in [0.25, 0.3) is 22.2 Å². The first-order valence-electron chi connectivity index (χ1n) is 9.74. The molecule has 0 spiro atoms. The summed E-state index contributed by atoms with van der Waals surface area (Å²) in [5.74, 6) is 0.605. The molecule has 2 heterocycles. The normalized spacial score (nSPS) is 14.1. The molecular weight excluding hydrogens is 382 g/mol. The van der Waals surface area contributed by atoms with Gasteiger partial charge in [0.2, 0.25) is 0 Å². The minimum absolute atomic E-state index is 0.0532. The zero-order chi connectivity index (χ0) is 19.8. The number of H-pyrrole nitrogens is 1. The summed E-state index contributed by atoms with van der Waals surface area (Å²) in [6.07, 6.45) is 0.768. The predicted molar refractivity (Wildman–Crippen MR) is 117 cm³/mol. The second-order valence-electron chi connectivity index (χ2n) is 7.45. The molecule has 0 radical (unpaired) electrons. The largest absolute Gasteiger partial charge is 0.306 e. The van der Waals surface area contributed by atoms with Gasteiger partial charge in [0.25, 0.3) is 5.56 Å². The van der Waals surface area contributed by atoms with Crippen LogP contribution in [-0.2, 0) is 19.5 Å². The molecule has 1 aromatic heterocycles. The summed E-state index contributed by atoms with van der Waals surface area (Å²) in [5, 5.41) is 3.18. The molecule has 0 fully saturated rings. The number of fused-ring (bicyclic) bond motifs is 2. The van der Waals surface area contributed by atoms with E-state index in [4.69, 9.17) is 16.6 Å². The van der Waals surface area contributed by atoms with Crippen LogP contribution in [0.3, 0.4) is 0 Å². The molecule has 4 aromatic rings. The SMILES string of the molecule is O=c1[nH]c(-c2ccc(Cl)cc2)nc2c1CN(Cc1cccc3ccccc13)CC2. The molecule has 0 atom stereocenters. The van der Waals surface area contributed by atoms with E-state index in [0.717, 1.165) is 36.3 Å². The van der Waals surface area contributed by atoms with E-state index in [0.29, 0.717) is 17.4 Å². The Morgan fingerprint density at radius 1 is 1.00 bits per heavy atom. The fourth-order valence-electron chi connectivity index (χ4n) is 4.03. The van der Waals surface area contributed by atoms with Crippen molar-refractivity contribution in [2.24, 2.45) is 0 Å². The third-order valence-electron chi connectivity index (χ3n) is 5.54. The monoisotopic (exact) mass is 401 g/mol. The zero-order valence-corrected chi connectivity index (χ0v) is 16.6. The lowest BCUT2D eigenvalue weighted by Gasteiger charge is -2.28. The van der Waals surface area contributed by atoms with Gasteiger partial charge in [0.05, 0.1) is 11.3 Å². The molecule has 1 N–H and O–H groups in total. The molecule has 0 amide bonds. The summed E-state index contributed by atoms with van der Waals surface area (Å²) in [5.41, 5.74) is 3.77. The first-order chi connectivity index (χ1) is 14.2. The number of aromatic amines is 1. The van der Waals surface area contributed by atoms with Crippen LogP contribution < -0.4 is 5.56 Å². The number of hydrogen-bond donors (Lipinski definition) is 1. The molecule has 0 saturated carbocycles. The summed E-state index contributed by atoms with van der Waals surface area (Å²) >= 11 is 5.97. The zero-order valence-electron chi connectivity index (χ0n) is 15.9. The fraction of sp³-hybridized carbons (Fsp3) is 0.167. The molecule has 0 saturated heterocycles. The number of halogens is 1. The van der Waals surface area contributed by atoms with Gasteiger partial charge in [0.15, 0.2) is 0 Å². The highest BCUT2D eigenvalue weighted by Crippen LogP contribution is 2.24. The lowest BCUT2D eigenvalue weighted by atomic mass is 10.0. The van der Waals surface area contributed by atoms with Gasteiger partial charge in [-0.15, -0.1) is 0 Å². The lowest BCUT2D eigenvalue weighted by molar-refractivity contribution is 0.242. The standard InChI is InChI=1S/C24H20ClN3O/c25-19-10-8-17(9-11-19)23-26-22-12-13-28(15-21(22)24(29)27-23)14-18-6-3-5-16-4-1-2-7-20(16)18/h1-11H,12-15H2,(H,26,27,29). The van der Waals surface area contributed by atoms with Crippen LogP contribution in [0.5, 0.6) is 0 Å². The van der Waals surface area contributed by atoms with Gasteiger partial charge in [-0.2, -0.15) is 0 Å². The Labute approximate surface area is 173 Å². The van der Waals surface area contributed by atoms with Crippen molar-refractivity contribution in [3.8, 4) is 11.4 Å². The van der Waals surface area contributed by atoms with Crippen LogP contribution in [0.2, 0.25) is 5.02 Å². The van der Waals surface area contributed by atoms with E-state index in [1.165, 1.54) is 16.3 Å². The van der Waals surface area contributed by atoms with Crippen LogP contribution in [-0.4, -0.2) is 21.4 Å². The van der Waals surface area contributed by atoms with Crippen LogP contribution in [0.15, 0.2) is 71.5 Å². The molecule has 144 valence electrons. The number of hydrogen-bond acceptors (Lipinski definition) is 3. The third kappa shape index (κ3) is 3.57.